The van der Waals surface area contributed by atoms with Gasteiger partial charge in [0.1, 0.15) is 5.82 Å². The van der Waals surface area contributed by atoms with Gasteiger partial charge in [-0.2, -0.15) is 5.26 Å². The van der Waals surface area contributed by atoms with Crippen LogP contribution < -0.4 is 5.73 Å². The van der Waals surface area contributed by atoms with Crippen molar-refractivity contribution in [2.75, 3.05) is 13.6 Å². The molecule has 0 fully saturated rings. The van der Waals surface area contributed by atoms with Gasteiger partial charge in [-0.1, -0.05) is 13.8 Å². The molecule has 4 heteroatoms. The fraction of sp³-hybridized carbons (Fsp3) is 0.533. The zero-order valence-corrected chi connectivity index (χ0v) is 11.9. The first kappa shape index (κ1) is 15.6. The molecule has 0 heterocycles. The van der Waals surface area contributed by atoms with E-state index in [1.807, 2.05) is 7.05 Å². The molecule has 0 spiro atoms. The molecule has 0 aliphatic heterocycles. The molecule has 2 N–H and O–H groups in total. The minimum atomic E-state index is -0.304. The van der Waals surface area contributed by atoms with E-state index >= 15 is 0 Å². The number of halogens is 1. The molecular formula is C15H22FN3. The van der Waals surface area contributed by atoms with Gasteiger partial charge in [0.15, 0.2) is 0 Å². The van der Waals surface area contributed by atoms with Gasteiger partial charge in [-0.25, -0.2) is 4.39 Å². The van der Waals surface area contributed by atoms with Crippen LogP contribution in [0.25, 0.3) is 0 Å². The number of benzene rings is 1. The standard InChI is InChI=1S/C15H22FN3/c1-11(2)15(18)6-7-19(3)10-13-8-14(16)5-4-12(13)9-17/h4-5,8,11,15H,6-7,10,18H2,1-3H3. The minimum Gasteiger partial charge on any atom is -0.327 e. The highest BCUT2D eigenvalue weighted by Gasteiger charge is 2.11. The summed E-state index contributed by atoms with van der Waals surface area (Å²) in [7, 11) is 1.96. The highest BCUT2D eigenvalue weighted by Crippen LogP contribution is 2.13. The SMILES string of the molecule is CC(C)C(N)CCN(C)Cc1cc(F)ccc1C#N. The Kier molecular flexibility index (Phi) is 5.94. The van der Waals surface area contributed by atoms with E-state index in [1.165, 1.54) is 18.2 Å². The van der Waals surface area contributed by atoms with Crippen LogP contribution in [0.2, 0.25) is 0 Å². The Balaban J connectivity index is 2.60. The second kappa shape index (κ2) is 7.22. The van der Waals surface area contributed by atoms with E-state index in [9.17, 15) is 4.39 Å². The predicted molar refractivity (Wildman–Crippen MR) is 74.9 cm³/mol. The summed E-state index contributed by atoms with van der Waals surface area (Å²) >= 11 is 0. The summed E-state index contributed by atoms with van der Waals surface area (Å²) < 4.78 is 13.2. The second-order valence-corrected chi connectivity index (χ2v) is 5.35. The minimum absolute atomic E-state index is 0.172. The largest absolute Gasteiger partial charge is 0.327 e. The fourth-order valence-corrected chi connectivity index (χ4v) is 1.87. The third-order valence-corrected chi connectivity index (χ3v) is 3.33. The molecule has 1 atom stereocenters. The highest BCUT2D eigenvalue weighted by atomic mass is 19.1. The van der Waals surface area contributed by atoms with E-state index in [1.54, 1.807) is 0 Å². The summed E-state index contributed by atoms with van der Waals surface area (Å²) in [6.07, 6.45) is 0.894. The van der Waals surface area contributed by atoms with Crippen molar-refractivity contribution in [1.82, 2.24) is 4.90 Å². The lowest BCUT2D eigenvalue weighted by Crippen LogP contribution is -2.31. The van der Waals surface area contributed by atoms with E-state index in [2.05, 4.69) is 24.8 Å². The van der Waals surface area contributed by atoms with Crippen LogP contribution in [0.5, 0.6) is 0 Å². The average Bonchev–Trinajstić information content (AvgIpc) is 2.36. The van der Waals surface area contributed by atoms with E-state index in [0.29, 0.717) is 18.0 Å². The number of nitrogens with two attached hydrogens (primary N) is 1. The fourth-order valence-electron chi connectivity index (χ4n) is 1.87. The van der Waals surface area contributed by atoms with E-state index < -0.39 is 0 Å². The van der Waals surface area contributed by atoms with Crippen LogP contribution in [-0.4, -0.2) is 24.5 Å². The van der Waals surface area contributed by atoms with Gasteiger partial charge in [0.25, 0.3) is 0 Å². The van der Waals surface area contributed by atoms with Crippen molar-refractivity contribution >= 4 is 0 Å². The van der Waals surface area contributed by atoms with Crippen LogP contribution in [0.1, 0.15) is 31.4 Å². The van der Waals surface area contributed by atoms with Gasteiger partial charge >= 0.3 is 0 Å². The van der Waals surface area contributed by atoms with Crippen molar-refractivity contribution in [2.24, 2.45) is 11.7 Å². The van der Waals surface area contributed by atoms with Crippen LogP contribution >= 0.6 is 0 Å². The molecule has 3 nitrogen and oxygen atoms in total. The molecule has 0 aliphatic rings. The van der Waals surface area contributed by atoms with E-state index in [4.69, 9.17) is 11.0 Å². The van der Waals surface area contributed by atoms with Crippen molar-refractivity contribution in [3.05, 3.63) is 35.1 Å². The second-order valence-electron chi connectivity index (χ2n) is 5.35. The molecule has 0 aromatic heterocycles. The smallest absolute Gasteiger partial charge is 0.123 e. The van der Waals surface area contributed by atoms with Crippen molar-refractivity contribution in [2.45, 2.75) is 32.9 Å². The van der Waals surface area contributed by atoms with Gasteiger partial charge in [-0.3, -0.25) is 0 Å². The maximum atomic E-state index is 13.2. The molecule has 0 aliphatic carbocycles. The van der Waals surface area contributed by atoms with Crippen LogP contribution in [0.15, 0.2) is 18.2 Å². The quantitative estimate of drug-likeness (QED) is 0.858. The highest BCUT2D eigenvalue weighted by molar-refractivity contribution is 5.37. The molecule has 0 saturated heterocycles. The summed E-state index contributed by atoms with van der Waals surface area (Å²) in [6, 6.07) is 6.54. The Labute approximate surface area is 114 Å². The molecule has 1 aromatic rings. The molecule has 0 saturated carbocycles. The maximum absolute atomic E-state index is 13.2. The Morgan fingerprint density at radius 3 is 2.68 bits per heavy atom. The van der Waals surface area contributed by atoms with Crippen LogP contribution in [0.3, 0.4) is 0 Å². The van der Waals surface area contributed by atoms with Crippen LogP contribution in [0, 0.1) is 23.1 Å². The van der Waals surface area contributed by atoms with Gasteiger partial charge in [-0.05, 0) is 49.7 Å². The molecule has 0 amide bonds. The number of nitrogens with zero attached hydrogens (tertiary/aromatic N) is 2. The lowest BCUT2D eigenvalue weighted by molar-refractivity contribution is 0.296. The number of nitriles is 1. The molecule has 1 aromatic carbocycles. The van der Waals surface area contributed by atoms with E-state index in [0.717, 1.165) is 18.5 Å². The zero-order chi connectivity index (χ0) is 14.4. The Hall–Kier alpha value is -1.44. The maximum Gasteiger partial charge on any atom is 0.123 e. The number of rotatable bonds is 6. The predicted octanol–water partition coefficient (Wildman–Crippen LogP) is 2.50. The van der Waals surface area contributed by atoms with Gasteiger partial charge in [-0.15, -0.1) is 0 Å². The Bertz CT molecular complexity index is 451. The summed E-state index contributed by atoms with van der Waals surface area (Å²) in [5, 5.41) is 9.00. The lowest BCUT2D eigenvalue weighted by Gasteiger charge is -2.21. The third-order valence-electron chi connectivity index (χ3n) is 3.33. The van der Waals surface area contributed by atoms with Crippen molar-refractivity contribution in [3.8, 4) is 6.07 Å². The van der Waals surface area contributed by atoms with Gasteiger partial charge in [0, 0.05) is 12.6 Å². The zero-order valence-electron chi connectivity index (χ0n) is 11.9. The topological polar surface area (TPSA) is 53.0 Å². The number of hydrogen-bond donors (Lipinski definition) is 1. The first-order valence-electron chi connectivity index (χ1n) is 6.56. The van der Waals surface area contributed by atoms with Crippen LogP contribution in [0.4, 0.5) is 4.39 Å². The third kappa shape index (κ3) is 4.98. The summed E-state index contributed by atoms with van der Waals surface area (Å²) in [5.74, 6) is 0.151. The first-order chi connectivity index (χ1) is 8.93. The summed E-state index contributed by atoms with van der Waals surface area (Å²) in [4.78, 5) is 2.07. The summed E-state index contributed by atoms with van der Waals surface area (Å²) in [6.45, 7) is 5.60. The molecule has 19 heavy (non-hydrogen) atoms. The monoisotopic (exact) mass is 263 g/mol. The first-order valence-corrected chi connectivity index (χ1v) is 6.56. The average molecular weight is 263 g/mol. The molecule has 1 unspecified atom stereocenters. The van der Waals surface area contributed by atoms with Crippen molar-refractivity contribution in [1.29, 1.82) is 5.26 Å². The molecule has 0 bridgehead atoms. The van der Waals surface area contributed by atoms with Crippen molar-refractivity contribution < 1.29 is 4.39 Å². The molecule has 1 rings (SSSR count). The lowest BCUT2D eigenvalue weighted by atomic mass is 10.0. The Morgan fingerprint density at radius 1 is 1.42 bits per heavy atom. The van der Waals surface area contributed by atoms with Crippen LogP contribution in [-0.2, 0) is 6.54 Å². The van der Waals surface area contributed by atoms with Gasteiger partial charge < -0.3 is 10.6 Å². The van der Waals surface area contributed by atoms with Crippen molar-refractivity contribution in [3.63, 3.8) is 0 Å². The normalized spacial score (nSPS) is 12.7. The van der Waals surface area contributed by atoms with Gasteiger partial charge in [0.05, 0.1) is 11.6 Å². The van der Waals surface area contributed by atoms with Gasteiger partial charge in [0.2, 0.25) is 0 Å². The number of hydrogen-bond acceptors (Lipinski definition) is 3. The summed E-state index contributed by atoms with van der Waals surface area (Å²) in [5.41, 5.74) is 7.25. The molecule has 0 radical (unpaired) electrons. The Morgan fingerprint density at radius 2 is 2.11 bits per heavy atom. The van der Waals surface area contributed by atoms with E-state index in [-0.39, 0.29) is 11.9 Å². The molecule has 104 valence electrons. The molecular weight excluding hydrogens is 241 g/mol.